The molecular weight excluding hydrogens is 1210 g/mol. The topological polar surface area (TPSA) is 237 Å². The van der Waals surface area contributed by atoms with Crippen molar-refractivity contribution in [3.05, 3.63) is 0 Å². The number of phosphoric ester groups is 2. The minimum Gasteiger partial charge on any atom is -0.462 e. The first kappa shape index (κ1) is 90.1. The van der Waals surface area contributed by atoms with Crippen molar-refractivity contribution in [2.75, 3.05) is 39.6 Å². The monoisotopic (exact) mass is 1350 g/mol. The Morgan fingerprint density at radius 1 is 0.304 bits per heavy atom. The molecule has 546 valence electrons. The van der Waals surface area contributed by atoms with Crippen LogP contribution in [0.2, 0.25) is 0 Å². The largest absolute Gasteiger partial charge is 0.472 e. The van der Waals surface area contributed by atoms with Gasteiger partial charge in [-0.2, -0.15) is 0 Å². The van der Waals surface area contributed by atoms with Crippen LogP contribution in [0.1, 0.15) is 364 Å². The van der Waals surface area contributed by atoms with Crippen LogP contribution in [0.3, 0.4) is 0 Å². The van der Waals surface area contributed by atoms with E-state index in [0.29, 0.717) is 31.6 Å². The number of hydrogen-bond donors (Lipinski definition) is 3. The molecule has 0 heterocycles. The van der Waals surface area contributed by atoms with Gasteiger partial charge in [-0.15, -0.1) is 0 Å². The molecule has 0 rings (SSSR count). The molecule has 0 aromatic rings. The molecule has 0 aromatic carbocycles. The van der Waals surface area contributed by atoms with Crippen LogP contribution in [-0.4, -0.2) is 96.7 Å². The highest BCUT2D eigenvalue weighted by Crippen LogP contribution is 2.45. The van der Waals surface area contributed by atoms with Crippen LogP contribution >= 0.6 is 15.6 Å². The van der Waals surface area contributed by atoms with E-state index in [2.05, 4.69) is 55.4 Å². The number of unbranched alkanes of at least 4 members (excludes halogenated alkanes) is 35. The normalized spacial score (nSPS) is 14.5. The molecule has 0 amide bonds. The fourth-order valence-electron chi connectivity index (χ4n) is 11.0. The molecule has 0 saturated carbocycles. The summed E-state index contributed by atoms with van der Waals surface area (Å²) in [7, 11) is -9.91. The lowest BCUT2D eigenvalue weighted by Crippen LogP contribution is -2.30. The standard InChI is InChI=1S/C73H142O17P2/c1-9-66(8)52-44-36-30-32-40-48-56-73(78)90-69(60-84-71(76)54-46-38-31-29-35-43-51-65(6)7)62-88-92(81,82)86-58-67(74)57-85-91(79,80)87-61-68(89-72(77)55-47-39-28-24-20-16-15-18-22-26-34-42-50-64(4)5)59-83-70(75)53-45-37-27-23-19-14-12-10-11-13-17-21-25-33-41-49-63(2)3/h63-69,74H,9-62H2,1-8H3,(H,79,80)(H,81,82)/t66?,67-,68-,69-/m1/s1. The molecule has 0 fully saturated rings. The maximum Gasteiger partial charge on any atom is 0.472 e. The summed E-state index contributed by atoms with van der Waals surface area (Å²) in [5.41, 5.74) is 0. The van der Waals surface area contributed by atoms with Gasteiger partial charge in [0.15, 0.2) is 12.2 Å². The Labute approximate surface area is 562 Å². The van der Waals surface area contributed by atoms with Crippen molar-refractivity contribution in [3.8, 4) is 0 Å². The van der Waals surface area contributed by atoms with E-state index >= 15 is 0 Å². The number of phosphoric acid groups is 2. The average molecular weight is 1350 g/mol. The smallest absolute Gasteiger partial charge is 0.462 e. The van der Waals surface area contributed by atoms with Crippen molar-refractivity contribution in [2.45, 2.75) is 382 Å². The van der Waals surface area contributed by atoms with Crippen molar-refractivity contribution < 1.29 is 80.2 Å². The first-order valence-electron chi connectivity index (χ1n) is 37.7. The molecule has 0 saturated heterocycles. The maximum atomic E-state index is 13.1. The Kier molecular flexibility index (Phi) is 61.3. The molecule has 19 heteroatoms. The van der Waals surface area contributed by atoms with Crippen molar-refractivity contribution >= 4 is 39.5 Å². The van der Waals surface area contributed by atoms with Crippen molar-refractivity contribution in [1.29, 1.82) is 0 Å². The zero-order chi connectivity index (χ0) is 68.2. The molecule has 3 N–H and O–H groups in total. The molecular formula is C73H142O17P2. The van der Waals surface area contributed by atoms with Gasteiger partial charge in [-0.05, 0) is 49.4 Å². The lowest BCUT2D eigenvalue weighted by atomic mass is 10.00. The average Bonchev–Trinajstić information content (AvgIpc) is 1.52. The third-order valence-corrected chi connectivity index (χ3v) is 19.1. The zero-order valence-electron chi connectivity index (χ0n) is 60.2. The predicted molar refractivity (Wildman–Crippen MR) is 372 cm³/mol. The van der Waals surface area contributed by atoms with Crippen LogP contribution in [0.15, 0.2) is 0 Å². The second-order valence-corrected chi connectivity index (χ2v) is 30.9. The number of aliphatic hydroxyl groups excluding tert-OH is 1. The Bertz CT molecular complexity index is 1820. The lowest BCUT2D eigenvalue weighted by Gasteiger charge is -2.21. The van der Waals surface area contributed by atoms with Crippen LogP contribution in [0.4, 0.5) is 0 Å². The molecule has 0 spiro atoms. The summed E-state index contributed by atoms with van der Waals surface area (Å²) < 4.78 is 68.3. The highest BCUT2D eigenvalue weighted by atomic mass is 31.2. The fourth-order valence-corrected chi connectivity index (χ4v) is 12.6. The first-order valence-corrected chi connectivity index (χ1v) is 40.7. The van der Waals surface area contributed by atoms with Crippen LogP contribution in [-0.2, 0) is 65.4 Å². The molecule has 0 radical (unpaired) electrons. The molecule has 6 atom stereocenters. The molecule has 17 nitrogen and oxygen atoms in total. The van der Waals surface area contributed by atoms with E-state index in [1.165, 1.54) is 161 Å². The predicted octanol–water partition coefficient (Wildman–Crippen LogP) is 20.9. The van der Waals surface area contributed by atoms with Gasteiger partial charge < -0.3 is 33.8 Å². The number of carbonyl (C=O) groups is 4. The summed E-state index contributed by atoms with van der Waals surface area (Å²) in [6.07, 6.45) is 46.1. The second kappa shape index (κ2) is 62.6. The molecule has 0 aliphatic heterocycles. The fraction of sp³-hybridized carbons (Fsp3) is 0.945. The van der Waals surface area contributed by atoms with Gasteiger partial charge in [0.1, 0.15) is 19.3 Å². The van der Waals surface area contributed by atoms with Gasteiger partial charge in [-0.25, -0.2) is 9.13 Å². The van der Waals surface area contributed by atoms with Gasteiger partial charge in [0.05, 0.1) is 26.4 Å². The van der Waals surface area contributed by atoms with E-state index in [9.17, 15) is 43.2 Å². The number of aliphatic hydroxyl groups is 1. The number of hydrogen-bond acceptors (Lipinski definition) is 15. The Balaban J connectivity index is 5.22. The minimum absolute atomic E-state index is 0.102. The van der Waals surface area contributed by atoms with Gasteiger partial charge in [-0.1, -0.05) is 312 Å². The molecule has 0 aliphatic rings. The number of carbonyl (C=O) groups excluding carboxylic acids is 4. The number of ether oxygens (including phenoxy) is 4. The summed E-state index contributed by atoms with van der Waals surface area (Å²) in [5.74, 6) is 0.853. The summed E-state index contributed by atoms with van der Waals surface area (Å²) in [5, 5.41) is 10.6. The third kappa shape index (κ3) is 65.4. The van der Waals surface area contributed by atoms with Crippen LogP contribution < -0.4 is 0 Å². The number of rotatable bonds is 70. The summed E-state index contributed by atoms with van der Waals surface area (Å²) >= 11 is 0. The van der Waals surface area contributed by atoms with Gasteiger partial charge in [0.25, 0.3) is 0 Å². The third-order valence-electron chi connectivity index (χ3n) is 17.2. The van der Waals surface area contributed by atoms with E-state index in [0.717, 1.165) is 114 Å². The van der Waals surface area contributed by atoms with E-state index in [1.807, 2.05) is 0 Å². The summed E-state index contributed by atoms with van der Waals surface area (Å²) in [4.78, 5) is 72.6. The van der Waals surface area contributed by atoms with E-state index in [1.54, 1.807) is 0 Å². The SMILES string of the molecule is CCC(C)CCCCCCCCC(=O)O[C@H](COC(=O)CCCCCCCCC(C)C)COP(=O)(O)OC[C@H](O)COP(=O)(O)OC[C@@H](COC(=O)CCCCCCCCCCCCCCCCCC(C)C)OC(=O)CCCCCCCCCCCCCCC(C)C. The molecule has 0 aliphatic carbocycles. The Morgan fingerprint density at radius 2 is 0.522 bits per heavy atom. The second-order valence-electron chi connectivity index (χ2n) is 28.0. The summed E-state index contributed by atoms with van der Waals surface area (Å²) in [6.45, 7) is 14.1. The molecule has 92 heavy (non-hydrogen) atoms. The quantitative estimate of drug-likeness (QED) is 0.0222. The van der Waals surface area contributed by atoms with Crippen molar-refractivity contribution in [1.82, 2.24) is 0 Å². The minimum atomic E-state index is -4.96. The first-order chi connectivity index (χ1) is 44.1. The van der Waals surface area contributed by atoms with Gasteiger partial charge >= 0.3 is 39.5 Å². The highest BCUT2D eigenvalue weighted by Gasteiger charge is 2.30. The van der Waals surface area contributed by atoms with Crippen LogP contribution in [0, 0.1) is 23.7 Å². The zero-order valence-corrected chi connectivity index (χ0v) is 62.0. The van der Waals surface area contributed by atoms with Crippen LogP contribution in [0.5, 0.6) is 0 Å². The van der Waals surface area contributed by atoms with E-state index in [4.69, 9.17) is 37.0 Å². The Morgan fingerprint density at radius 3 is 0.772 bits per heavy atom. The Hall–Kier alpha value is -1.94. The molecule has 0 bridgehead atoms. The van der Waals surface area contributed by atoms with Gasteiger partial charge in [0, 0.05) is 25.7 Å². The van der Waals surface area contributed by atoms with Gasteiger partial charge in [-0.3, -0.25) is 37.3 Å². The number of esters is 4. The van der Waals surface area contributed by atoms with E-state index in [-0.39, 0.29) is 25.7 Å². The lowest BCUT2D eigenvalue weighted by molar-refractivity contribution is -0.161. The van der Waals surface area contributed by atoms with Gasteiger partial charge in [0.2, 0.25) is 0 Å². The summed E-state index contributed by atoms with van der Waals surface area (Å²) in [6, 6.07) is 0. The van der Waals surface area contributed by atoms with E-state index < -0.39 is 97.5 Å². The molecule has 0 aromatic heterocycles. The maximum absolute atomic E-state index is 13.1. The van der Waals surface area contributed by atoms with Crippen molar-refractivity contribution in [2.24, 2.45) is 23.7 Å². The van der Waals surface area contributed by atoms with Crippen molar-refractivity contribution in [3.63, 3.8) is 0 Å². The van der Waals surface area contributed by atoms with Crippen LogP contribution in [0.25, 0.3) is 0 Å². The highest BCUT2D eigenvalue weighted by molar-refractivity contribution is 7.47. The molecule has 3 unspecified atom stereocenters.